The first kappa shape index (κ1) is 13.4. The van der Waals surface area contributed by atoms with E-state index in [9.17, 15) is 4.79 Å². The smallest absolute Gasteiger partial charge is 0.232 e. The van der Waals surface area contributed by atoms with E-state index in [0.717, 1.165) is 6.54 Å². The third kappa shape index (κ3) is 3.24. The Labute approximate surface area is 114 Å². The van der Waals surface area contributed by atoms with Gasteiger partial charge in [0.15, 0.2) is 5.82 Å². The highest BCUT2D eigenvalue weighted by Crippen LogP contribution is 2.16. The lowest BCUT2D eigenvalue weighted by Gasteiger charge is -2.17. The fraction of sp³-hybridized carbons (Fsp3) is 0.545. The molecule has 0 aromatic carbocycles. The van der Waals surface area contributed by atoms with Crippen molar-refractivity contribution in [1.29, 1.82) is 0 Å². The minimum absolute atomic E-state index is 0.0680. The van der Waals surface area contributed by atoms with Gasteiger partial charge >= 0.3 is 0 Å². The maximum atomic E-state index is 12.1. The molecule has 0 spiro atoms. The summed E-state index contributed by atoms with van der Waals surface area (Å²) in [5.41, 5.74) is 0. The summed E-state index contributed by atoms with van der Waals surface area (Å²) in [5.74, 6) is 0.177. The number of aromatic nitrogens is 2. The molecular formula is C11H15BrN4O2. The van der Waals surface area contributed by atoms with Crippen LogP contribution in [0.1, 0.15) is 6.92 Å². The first-order valence-electron chi connectivity index (χ1n) is 5.80. The Hall–Kier alpha value is -1.05. The van der Waals surface area contributed by atoms with Crippen LogP contribution in [-0.2, 0) is 9.53 Å². The molecule has 2 atom stereocenters. The van der Waals surface area contributed by atoms with E-state index in [1.165, 1.54) is 6.20 Å². The third-order valence-corrected chi connectivity index (χ3v) is 3.16. The molecule has 0 saturated carbocycles. The SMILES string of the molecule is CCNC1COCC1C(=O)Nc1cnc(Br)cn1. The van der Waals surface area contributed by atoms with Gasteiger partial charge < -0.3 is 15.4 Å². The number of likely N-dealkylation sites (N-methyl/N-ethyl adjacent to an activating group) is 1. The van der Waals surface area contributed by atoms with Gasteiger partial charge in [-0.2, -0.15) is 0 Å². The molecule has 1 saturated heterocycles. The quantitative estimate of drug-likeness (QED) is 0.860. The molecule has 1 fully saturated rings. The number of amides is 1. The second-order valence-corrected chi connectivity index (χ2v) is 4.83. The molecule has 0 radical (unpaired) electrons. The van der Waals surface area contributed by atoms with E-state index < -0.39 is 0 Å². The fourth-order valence-electron chi connectivity index (χ4n) is 1.87. The van der Waals surface area contributed by atoms with Crippen LogP contribution in [0.25, 0.3) is 0 Å². The van der Waals surface area contributed by atoms with E-state index in [1.807, 2.05) is 6.92 Å². The molecule has 2 heterocycles. The normalized spacial score (nSPS) is 23.0. The Balaban J connectivity index is 1.96. The Bertz CT molecular complexity index is 412. The second kappa shape index (κ2) is 6.21. The number of halogens is 1. The molecule has 1 aliphatic heterocycles. The summed E-state index contributed by atoms with van der Waals surface area (Å²) in [5, 5.41) is 5.99. The molecule has 2 N–H and O–H groups in total. The zero-order valence-electron chi connectivity index (χ0n) is 10.0. The number of hydrogen-bond donors (Lipinski definition) is 2. The number of nitrogens with zero attached hydrogens (tertiary/aromatic N) is 2. The zero-order chi connectivity index (χ0) is 13.0. The topological polar surface area (TPSA) is 76.1 Å². The summed E-state index contributed by atoms with van der Waals surface area (Å²) in [4.78, 5) is 20.1. The fourth-order valence-corrected chi connectivity index (χ4v) is 2.08. The first-order chi connectivity index (χ1) is 8.70. The lowest BCUT2D eigenvalue weighted by molar-refractivity contribution is -0.120. The average molecular weight is 315 g/mol. The summed E-state index contributed by atoms with van der Waals surface area (Å²) in [7, 11) is 0. The van der Waals surface area contributed by atoms with Crippen molar-refractivity contribution >= 4 is 27.7 Å². The number of nitrogens with one attached hydrogen (secondary N) is 2. The van der Waals surface area contributed by atoms with Crippen molar-refractivity contribution in [3.8, 4) is 0 Å². The molecule has 1 aliphatic rings. The van der Waals surface area contributed by atoms with Crippen molar-refractivity contribution in [3.63, 3.8) is 0 Å². The van der Waals surface area contributed by atoms with Crippen molar-refractivity contribution in [2.45, 2.75) is 13.0 Å². The standard InChI is InChI=1S/C11H15BrN4O2/c1-2-13-8-6-18-5-7(8)11(17)16-10-4-14-9(12)3-15-10/h3-4,7-8,13H,2,5-6H2,1H3,(H,15,16,17). The van der Waals surface area contributed by atoms with E-state index in [2.05, 4.69) is 36.5 Å². The molecule has 98 valence electrons. The van der Waals surface area contributed by atoms with Crippen molar-refractivity contribution in [1.82, 2.24) is 15.3 Å². The van der Waals surface area contributed by atoms with Gasteiger partial charge in [0.2, 0.25) is 5.91 Å². The first-order valence-corrected chi connectivity index (χ1v) is 6.59. The lowest BCUT2D eigenvalue weighted by atomic mass is 10.0. The predicted octanol–water partition coefficient (Wildman–Crippen LogP) is 0.802. The van der Waals surface area contributed by atoms with Gasteiger partial charge in [0.1, 0.15) is 4.60 Å². The lowest BCUT2D eigenvalue weighted by Crippen LogP contribution is -2.41. The van der Waals surface area contributed by atoms with Gasteiger partial charge in [-0.1, -0.05) is 6.92 Å². The van der Waals surface area contributed by atoms with Crippen LogP contribution in [0.5, 0.6) is 0 Å². The Morgan fingerprint density at radius 2 is 2.33 bits per heavy atom. The van der Waals surface area contributed by atoms with Crippen LogP contribution in [0.15, 0.2) is 17.0 Å². The highest BCUT2D eigenvalue weighted by Gasteiger charge is 2.33. The zero-order valence-corrected chi connectivity index (χ0v) is 11.6. The summed E-state index contributed by atoms with van der Waals surface area (Å²) >= 11 is 3.19. The molecule has 0 aliphatic carbocycles. The molecule has 6 nitrogen and oxygen atoms in total. The molecular weight excluding hydrogens is 300 g/mol. The van der Waals surface area contributed by atoms with Crippen LogP contribution in [0.3, 0.4) is 0 Å². The van der Waals surface area contributed by atoms with Gasteiger partial charge in [-0.05, 0) is 22.5 Å². The highest BCUT2D eigenvalue weighted by atomic mass is 79.9. The Morgan fingerprint density at radius 1 is 1.50 bits per heavy atom. The average Bonchev–Trinajstić information content (AvgIpc) is 2.81. The molecule has 1 amide bonds. The number of carbonyl (C=O) groups excluding carboxylic acids is 1. The van der Waals surface area contributed by atoms with Gasteiger partial charge in [0.25, 0.3) is 0 Å². The summed E-state index contributed by atoms with van der Waals surface area (Å²) < 4.78 is 5.97. The number of anilines is 1. The highest BCUT2D eigenvalue weighted by molar-refractivity contribution is 9.10. The van der Waals surface area contributed by atoms with Crippen molar-refractivity contribution in [2.24, 2.45) is 5.92 Å². The number of carbonyl (C=O) groups is 1. The molecule has 18 heavy (non-hydrogen) atoms. The van der Waals surface area contributed by atoms with Crippen molar-refractivity contribution in [3.05, 3.63) is 17.0 Å². The van der Waals surface area contributed by atoms with E-state index >= 15 is 0 Å². The minimum atomic E-state index is -0.185. The number of ether oxygens (including phenoxy) is 1. The molecule has 7 heteroatoms. The summed E-state index contributed by atoms with van der Waals surface area (Å²) in [6, 6.07) is 0.0680. The van der Waals surface area contributed by atoms with Gasteiger partial charge in [-0.15, -0.1) is 0 Å². The largest absolute Gasteiger partial charge is 0.379 e. The molecule has 2 rings (SSSR count). The van der Waals surface area contributed by atoms with Gasteiger partial charge in [0, 0.05) is 6.04 Å². The van der Waals surface area contributed by atoms with Crippen LogP contribution in [-0.4, -0.2) is 41.7 Å². The molecule has 2 unspecified atom stereocenters. The molecule has 0 bridgehead atoms. The van der Waals surface area contributed by atoms with E-state index in [-0.39, 0.29) is 17.9 Å². The van der Waals surface area contributed by atoms with E-state index in [0.29, 0.717) is 23.6 Å². The van der Waals surface area contributed by atoms with Gasteiger partial charge in [-0.3, -0.25) is 4.79 Å². The third-order valence-electron chi connectivity index (χ3n) is 2.76. The van der Waals surface area contributed by atoms with Crippen molar-refractivity contribution < 1.29 is 9.53 Å². The Morgan fingerprint density at radius 3 is 3.00 bits per heavy atom. The summed E-state index contributed by atoms with van der Waals surface area (Å²) in [6.07, 6.45) is 3.06. The molecule has 1 aromatic rings. The van der Waals surface area contributed by atoms with E-state index in [4.69, 9.17) is 4.74 Å². The van der Waals surface area contributed by atoms with E-state index in [1.54, 1.807) is 6.20 Å². The van der Waals surface area contributed by atoms with Crippen LogP contribution >= 0.6 is 15.9 Å². The maximum Gasteiger partial charge on any atom is 0.232 e. The van der Waals surface area contributed by atoms with Crippen LogP contribution < -0.4 is 10.6 Å². The minimum Gasteiger partial charge on any atom is -0.379 e. The second-order valence-electron chi connectivity index (χ2n) is 4.02. The monoisotopic (exact) mass is 314 g/mol. The van der Waals surface area contributed by atoms with Crippen LogP contribution in [0.2, 0.25) is 0 Å². The predicted molar refractivity (Wildman–Crippen MR) is 70.1 cm³/mol. The van der Waals surface area contributed by atoms with Crippen LogP contribution in [0, 0.1) is 5.92 Å². The van der Waals surface area contributed by atoms with Gasteiger partial charge in [-0.25, -0.2) is 9.97 Å². The molecule has 1 aromatic heterocycles. The van der Waals surface area contributed by atoms with Crippen LogP contribution in [0.4, 0.5) is 5.82 Å². The maximum absolute atomic E-state index is 12.1. The Kier molecular flexibility index (Phi) is 4.62. The summed E-state index contributed by atoms with van der Waals surface area (Å²) in [6.45, 7) is 3.83. The number of hydrogen-bond acceptors (Lipinski definition) is 5. The van der Waals surface area contributed by atoms with Gasteiger partial charge in [0.05, 0.1) is 31.5 Å². The number of rotatable bonds is 4. The van der Waals surface area contributed by atoms with Crippen molar-refractivity contribution in [2.75, 3.05) is 25.1 Å².